The van der Waals surface area contributed by atoms with Crippen molar-refractivity contribution in [1.82, 2.24) is 10.2 Å². The number of unbranched alkanes of at least 4 members (excludes halogenated alkanes) is 3. The number of amides is 3. The minimum atomic E-state index is -1.40. The molecule has 3 amide bonds. The Hall–Kier alpha value is -3.99. The summed E-state index contributed by atoms with van der Waals surface area (Å²) in [5.74, 6) is -3.31. The predicted molar refractivity (Wildman–Crippen MR) is 175 cm³/mol. The zero-order valence-electron chi connectivity index (χ0n) is 26.1. The highest BCUT2D eigenvalue weighted by Gasteiger charge is 2.71. The first-order chi connectivity index (χ1) is 22.8. The summed E-state index contributed by atoms with van der Waals surface area (Å²) in [5, 5.41) is 12.8. The summed E-state index contributed by atoms with van der Waals surface area (Å²) < 4.78 is 12.3. The second-order valence-electron chi connectivity index (χ2n) is 12.5. The van der Waals surface area contributed by atoms with Gasteiger partial charge >= 0.3 is 5.97 Å². The molecule has 2 aromatic carbocycles. The molecule has 0 aliphatic carbocycles. The summed E-state index contributed by atoms with van der Waals surface area (Å²) in [6.07, 6.45) is 9.74. The van der Waals surface area contributed by atoms with Crippen molar-refractivity contribution in [1.29, 1.82) is 0 Å². The van der Waals surface area contributed by atoms with Crippen LogP contribution in [0.3, 0.4) is 0 Å². The number of carbonyl (C=O) groups excluding carboxylic acids is 4. The molecule has 2 aromatic rings. The molecule has 248 valence electrons. The molecule has 0 saturated carbocycles. The van der Waals surface area contributed by atoms with Gasteiger partial charge in [-0.1, -0.05) is 79.1 Å². The molecule has 0 aromatic heterocycles. The maximum absolute atomic E-state index is 14.6. The fraction of sp³-hybridized carbons (Fsp3) is 0.444. The van der Waals surface area contributed by atoms with Crippen molar-refractivity contribution in [3.05, 3.63) is 89.5 Å². The number of aliphatic hydroxyl groups excluding tert-OH is 1. The summed E-state index contributed by atoms with van der Waals surface area (Å²) in [5.41, 5.74) is -0.00117. The summed E-state index contributed by atoms with van der Waals surface area (Å²) in [7, 11) is 0. The van der Waals surface area contributed by atoms with Crippen LogP contribution in [-0.4, -0.2) is 77.7 Å². The van der Waals surface area contributed by atoms with E-state index in [9.17, 15) is 24.3 Å². The van der Waals surface area contributed by atoms with Crippen LogP contribution < -0.4 is 10.2 Å². The number of nitrogens with one attached hydrogen (secondary N) is 1. The number of fused-ring (bicyclic) bond motifs is 2. The first kappa shape index (κ1) is 32.9. The van der Waals surface area contributed by atoms with E-state index in [0.717, 1.165) is 18.4 Å². The Bertz CT molecular complexity index is 1530. The van der Waals surface area contributed by atoms with Gasteiger partial charge in [0, 0.05) is 36.8 Å². The number of esters is 1. The van der Waals surface area contributed by atoms with E-state index in [0.29, 0.717) is 36.5 Å². The number of hydrogen-bond donors (Lipinski definition) is 2. The van der Waals surface area contributed by atoms with Crippen LogP contribution in [0.4, 0.5) is 5.69 Å². The van der Waals surface area contributed by atoms with Gasteiger partial charge in [0.15, 0.2) is 0 Å². The quantitative estimate of drug-likeness (QED) is 0.248. The van der Waals surface area contributed by atoms with Crippen LogP contribution in [0.1, 0.15) is 50.1 Å². The molecule has 6 rings (SSSR count). The lowest BCUT2D eigenvalue weighted by atomic mass is 9.77. The summed E-state index contributed by atoms with van der Waals surface area (Å²) in [6, 6.07) is 14.6. The van der Waals surface area contributed by atoms with Gasteiger partial charge in [-0.3, -0.25) is 19.2 Å². The van der Waals surface area contributed by atoms with Crippen LogP contribution >= 0.6 is 11.6 Å². The minimum Gasteiger partial charge on any atom is -0.463 e. The van der Waals surface area contributed by atoms with Crippen molar-refractivity contribution in [2.45, 2.75) is 62.3 Å². The van der Waals surface area contributed by atoms with Crippen LogP contribution in [0, 0.1) is 11.8 Å². The van der Waals surface area contributed by atoms with Crippen LogP contribution in [-0.2, 0) is 28.7 Å². The lowest BCUT2D eigenvalue weighted by Gasteiger charge is -2.35. The molecule has 4 aliphatic heterocycles. The van der Waals surface area contributed by atoms with E-state index < -0.39 is 41.5 Å². The lowest BCUT2D eigenvalue weighted by molar-refractivity contribution is -0.146. The molecular formula is C36H40ClN3O7. The highest BCUT2D eigenvalue weighted by molar-refractivity contribution is 6.30. The molecule has 0 radical (unpaired) electrons. The number of anilines is 1. The number of benzene rings is 2. The fourth-order valence-electron chi connectivity index (χ4n) is 7.28. The maximum atomic E-state index is 14.6. The number of rotatable bonds is 8. The van der Waals surface area contributed by atoms with Crippen molar-refractivity contribution in [2.24, 2.45) is 11.8 Å². The third kappa shape index (κ3) is 6.59. The second-order valence-corrected chi connectivity index (χ2v) is 12.9. The van der Waals surface area contributed by atoms with E-state index in [2.05, 4.69) is 5.32 Å². The Morgan fingerprint density at radius 2 is 1.70 bits per heavy atom. The van der Waals surface area contributed by atoms with E-state index in [4.69, 9.17) is 21.1 Å². The van der Waals surface area contributed by atoms with Gasteiger partial charge < -0.3 is 29.7 Å². The van der Waals surface area contributed by atoms with Gasteiger partial charge in [0.05, 0.1) is 24.0 Å². The Labute approximate surface area is 279 Å². The number of cyclic esters (lactones) is 1. The largest absolute Gasteiger partial charge is 0.463 e. The number of hydrogen-bond acceptors (Lipinski definition) is 7. The molecule has 2 saturated heterocycles. The van der Waals surface area contributed by atoms with Crippen LogP contribution in [0.25, 0.3) is 0 Å². The van der Waals surface area contributed by atoms with Crippen molar-refractivity contribution >= 4 is 41.0 Å². The lowest BCUT2D eigenvalue weighted by Crippen LogP contribution is -2.55. The van der Waals surface area contributed by atoms with Crippen molar-refractivity contribution in [2.75, 3.05) is 31.2 Å². The number of carbonyl (C=O) groups is 4. The van der Waals surface area contributed by atoms with Gasteiger partial charge in [0.2, 0.25) is 11.8 Å². The topological polar surface area (TPSA) is 125 Å². The van der Waals surface area contributed by atoms with Gasteiger partial charge in [0.25, 0.3) is 5.91 Å². The highest BCUT2D eigenvalue weighted by Crippen LogP contribution is 2.53. The molecule has 0 unspecified atom stereocenters. The highest BCUT2D eigenvalue weighted by atomic mass is 35.5. The number of nitrogens with zero attached hydrogens (tertiary/aromatic N) is 2. The molecule has 1 spiro atoms. The number of halogens is 1. The summed E-state index contributed by atoms with van der Waals surface area (Å²) >= 11 is 6.15. The molecule has 0 bridgehead atoms. The smallest absolute Gasteiger partial charge is 0.306 e. The van der Waals surface area contributed by atoms with Gasteiger partial charge in [0.1, 0.15) is 18.2 Å². The first-order valence-electron chi connectivity index (χ1n) is 16.4. The zero-order chi connectivity index (χ0) is 33.0. The predicted octanol–water partition coefficient (Wildman–Crippen LogP) is 4.13. The molecule has 2 N–H and O–H groups in total. The van der Waals surface area contributed by atoms with E-state index in [-0.39, 0.29) is 44.0 Å². The molecule has 4 aliphatic rings. The molecule has 47 heavy (non-hydrogen) atoms. The van der Waals surface area contributed by atoms with Crippen LogP contribution in [0.5, 0.6) is 0 Å². The number of aliphatic hydroxyl groups is 1. The molecule has 2 fully saturated rings. The number of ether oxygens (including phenoxy) is 2. The molecule has 6 atom stereocenters. The average Bonchev–Trinajstić information content (AvgIpc) is 3.45. The van der Waals surface area contributed by atoms with E-state index in [1.54, 1.807) is 46.2 Å². The normalized spacial score (nSPS) is 30.0. The Kier molecular flexibility index (Phi) is 10.1. The van der Waals surface area contributed by atoms with E-state index >= 15 is 0 Å². The third-order valence-electron chi connectivity index (χ3n) is 9.51. The minimum absolute atomic E-state index is 0.0582. The number of likely N-dealkylation sites (tertiary alicyclic amines) is 1. The standard InChI is InChI=1S/C36H40ClN3O7/c37-25-15-17-26(18-16-25)39-21-10-19-36-31(34(44)40(32(36)35(39)45)20-8-1-2-9-22-41)30-28(47-36)13-6-7-14-29(42)46-23-27(38-33(30)43)24-11-4-3-5-12-24/h3-6,10-13,15-19,27-28,30-32,41H,1-2,7-9,14,20-23H2,(H,38,43)/b13-6-/t27-,28+,30-,31-,32+,36-/m0/s1. The molecule has 4 heterocycles. The van der Waals surface area contributed by atoms with Crippen molar-refractivity contribution in [3.8, 4) is 0 Å². The van der Waals surface area contributed by atoms with Crippen LogP contribution in [0.2, 0.25) is 5.02 Å². The molecule has 10 nitrogen and oxygen atoms in total. The van der Waals surface area contributed by atoms with Crippen molar-refractivity contribution in [3.63, 3.8) is 0 Å². The van der Waals surface area contributed by atoms with Crippen molar-refractivity contribution < 1.29 is 33.8 Å². The van der Waals surface area contributed by atoms with Crippen LogP contribution in [0.15, 0.2) is 78.9 Å². The average molecular weight is 662 g/mol. The maximum Gasteiger partial charge on any atom is 0.306 e. The Morgan fingerprint density at radius 3 is 2.47 bits per heavy atom. The summed E-state index contributed by atoms with van der Waals surface area (Å²) in [4.78, 5) is 59.3. The third-order valence-corrected chi connectivity index (χ3v) is 9.76. The first-order valence-corrected chi connectivity index (χ1v) is 16.7. The van der Waals surface area contributed by atoms with Gasteiger partial charge in [-0.05, 0) is 49.1 Å². The molecular weight excluding hydrogens is 622 g/mol. The molecule has 11 heteroatoms. The van der Waals surface area contributed by atoms with Gasteiger partial charge in [-0.25, -0.2) is 0 Å². The van der Waals surface area contributed by atoms with Gasteiger partial charge in [-0.2, -0.15) is 0 Å². The summed E-state index contributed by atoms with van der Waals surface area (Å²) in [6.45, 7) is 0.595. The number of allylic oxidation sites excluding steroid dienone is 1. The van der Waals surface area contributed by atoms with E-state index in [1.165, 1.54) is 0 Å². The second kappa shape index (κ2) is 14.4. The monoisotopic (exact) mass is 661 g/mol. The zero-order valence-corrected chi connectivity index (χ0v) is 26.9. The Morgan fingerprint density at radius 1 is 0.936 bits per heavy atom. The Balaban J connectivity index is 1.39. The van der Waals surface area contributed by atoms with Gasteiger partial charge in [-0.15, -0.1) is 0 Å². The SMILES string of the molecule is O=C1CC/C=C\[C@H]2O[C@]34C=CCN(c5ccc(Cl)cc5)C(=O)[C@H]3N(CCCCCCO)C(=O)[C@@H]4[C@H]2C(=O)N[C@H](c2ccccc2)CO1. The fourth-order valence-corrected chi connectivity index (χ4v) is 7.40. The van der Waals surface area contributed by atoms with E-state index in [1.807, 2.05) is 42.5 Å².